The van der Waals surface area contributed by atoms with Crippen molar-refractivity contribution in [3.05, 3.63) is 76.8 Å². The van der Waals surface area contributed by atoms with Crippen LogP contribution in [0.1, 0.15) is 18.6 Å². The zero-order chi connectivity index (χ0) is 19.5. The molecule has 2 atom stereocenters. The molecule has 0 radical (unpaired) electrons. The number of hydrogen-bond acceptors (Lipinski definition) is 5. The number of carbonyl (C=O) groups excluding carboxylic acids is 1. The average molecular weight is 379 g/mol. The molecule has 1 saturated heterocycles. The summed E-state index contributed by atoms with van der Waals surface area (Å²) in [5.41, 5.74) is 1.71. The Morgan fingerprint density at radius 1 is 1.07 bits per heavy atom. The van der Waals surface area contributed by atoms with Gasteiger partial charge in [0.25, 0.3) is 0 Å². The highest BCUT2D eigenvalue weighted by Gasteiger charge is 2.30. The van der Waals surface area contributed by atoms with Crippen molar-refractivity contribution >= 4 is 5.91 Å². The van der Waals surface area contributed by atoms with E-state index in [-0.39, 0.29) is 30.6 Å². The van der Waals surface area contributed by atoms with Crippen molar-refractivity contribution in [3.8, 4) is 11.5 Å². The van der Waals surface area contributed by atoms with E-state index < -0.39 is 5.76 Å². The van der Waals surface area contributed by atoms with Crippen LogP contribution < -0.4 is 5.76 Å². The number of ether oxygens (including phenoxy) is 1. The van der Waals surface area contributed by atoms with Crippen LogP contribution in [0, 0.1) is 0 Å². The average Bonchev–Trinajstić information content (AvgIpc) is 3.09. The van der Waals surface area contributed by atoms with Crippen LogP contribution in [-0.2, 0) is 16.1 Å². The molecule has 1 aliphatic heterocycles. The van der Waals surface area contributed by atoms with Gasteiger partial charge in [-0.15, -0.1) is 5.10 Å². The van der Waals surface area contributed by atoms with Crippen LogP contribution in [0.4, 0.5) is 0 Å². The van der Waals surface area contributed by atoms with Crippen molar-refractivity contribution in [1.82, 2.24) is 14.7 Å². The van der Waals surface area contributed by atoms with Gasteiger partial charge >= 0.3 is 5.76 Å². The summed E-state index contributed by atoms with van der Waals surface area (Å²) in [5, 5.41) is 4.17. The number of nitrogens with zero attached hydrogens (tertiary/aromatic N) is 3. The lowest BCUT2D eigenvalue weighted by atomic mass is 10.1. The van der Waals surface area contributed by atoms with Crippen molar-refractivity contribution in [1.29, 1.82) is 0 Å². The van der Waals surface area contributed by atoms with E-state index in [2.05, 4.69) is 5.10 Å². The van der Waals surface area contributed by atoms with Gasteiger partial charge in [-0.05, 0) is 24.6 Å². The van der Waals surface area contributed by atoms with E-state index in [0.717, 1.165) is 10.2 Å². The predicted molar refractivity (Wildman–Crippen MR) is 103 cm³/mol. The molecule has 144 valence electrons. The highest BCUT2D eigenvalue weighted by Crippen LogP contribution is 2.25. The minimum absolute atomic E-state index is 0.100. The maximum atomic E-state index is 12.8. The van der Waals surface area contributed by atoms with Gasteiger partial charge in [0.2, 0.25) is 11.8 Å². The largest absolute Gasteiger partial charge is 0.437 e. The topological polar surface area (TPSA) is 77.6 Å². The van der Waals surface area contributed by atoms with Gasteiger partial charge in [-0.1, -0.05) is 48.5 Å². The molecule has 1 aromatic heterocycles. The first-order valence-corrected chi connectivity index (χ1v) is 9.21. The lowest BCUT2D eigenvalue weighted by Crippen LogP contribution is -2.47. The first-order chi connectivity index (χ1) is 13.6. The Kier molecular flexibility index (Phi) is 5.08. The third kappa shape index (κ3) is 3.89. The van der Waals surface area contributed by atoms with Gasteiger partial charge in [0.05, 0.1) is 12.6 Å². The lowest BCUT2D eigenvalue weighted by Gasteiger charge is -2.37. The summed E-state index contributed by atoms with van der Waals surface area (Å²) in [6, 6.07) is 18.9. The number of morpholine rings is 1. The van der Waals surface area contributed by atoms with Crippen LogP contribution in [0.5, 0.6) is 0 Å². The van der Waals surface area contributed by atoms with E-state index in [1.54, 1.807) is 17.0 Å². The molecular weight excluding hydrogens is 358 g/mol. The lowest BCUT2D eigenvalue weighted by molar-refractivity contribution is -0.145. The first-order valence-electron chi connectivity index (χ1n) is 9.21. The van der Waals surface area contributed by atoms with E-state index in [4.69, 9.17) is 9.15 Å². The van der Waals surface area contributed by atoms with Gasteiger partial charge in [0, 0.05) is 12.1 Å². The second kappa shape index (κ2) is 7.82. The summed E-state index contributed by atoms with van der Waals surface area (Å²) in [6.07, 6.45) is -0.292. The maximum Gasteiger partial charge on any atom is 0.437 e. The summed E-state index contributed by atoms with van der Waals surface area (Å²) in [7, 11) is 0. The second-order valence-electron chi connectivity index (χ2n) is 6.84. The number of carbonyl (C=O) groups is 1. The van der Waals surface area contributed by atoms with Gasteiger partial charge in [0.1, 0.15) is 12.6 Å². The van der Waals surface area contributed by atoms with E-state index in [1.165, 1.54) is 0 Å². The number of hydrogen-bond donors (Lipinski definition) is 0. The maximum absolute atomic E-state index is 12.8. The van der Waals surface area contributed by atoms with Gasteiger partial charge < -0.3 is 14.1 Å². The van der Waals surface area contributed by atoms with Gasteiger partial charge in [-0.25, -0.2) is 4.79 Å². The third-order valence-electron chi connectivity index (χ3n) is 4.70. The van der Waals surface area contributed by atoms with E-state index >= 15 is 0 Å². The Balaban J connectivity index is 1.49. The highest BCUT2D eigenvalue weighted by molar-refractivity contribution is 5.76. The second-order valence-corrected chi connectivity index (χ2v) is 6.84. The quantitative estimate of drug-likeness (QED) is 0.696. The molecular formula is C21H21N3O4. The van der Waals surface area contributed by atoms with Gasteiger partial charge in [0.15, 0.2) is 0 Å². The summed E-state index contributed by atoms with van der Waals surface area (Å²) < 4.78 is 12.3. The molecule has 2 aromatic carbocycles. The third-order valence-corrected chi connectivity index (χ3v) is 4.70. The highest BCUT2D eigenvalue weighted by atomic mass is 16.5. The summed E-state index contributed by atoms with van der Waals surface area (Å²) in [6.45, 7) is 2.68. The molecule has 7 nitrogen and oxygen atoms in total. The molecule has 0 bridgehead atoms. The minimum atomic E-state index is -0.645. The van der Waals surface area contributed by atoms with Crippen LogP contribution in [0.25, 0.3) is 11.5 Å². The van der Waals surface area contributed by atoms with Crippen molar-refractivity contribution in [2.24, 2.45) is 0 Å². The number of amides is 1. The van der Waals surface area contributed by atoms with Crippen molar-refractivity contribution in [2.45, 2.75) is 25.7 Å². The summed E-state index contributed by atoms with van der Waals surface area (Å²) in [4.78, 5) is 26.7. The van der Waals surface area contributed by atoms with Crippen molar-refractivity contribution < 1.29 is 13.9 Å². The zero-order valence-corrected chi connectivity index (χ0v) is 15.5. The molecule has 0 aliphatic carbocycles. The van der Waals surface area contributed by atoms with Crippen LogP contribution in [0.3, 0.4) is 0 Å². The van der Waals surface area contributed by atoms with Crippen molar-refractivity contribution in [3.63, 3.8) is 0 Å². The van der Waals surface area contributed by atoms with Gasteiger partial charge in [-0.3, -0.25) is 4.79 Å². The first kappa shape index (κ1) is 18.2. The Labute approximate surface area is 162 Å². The Morgan fingerprint density at radius 3 is 2.46 bits per heavy atom. The number of aromatic nitrogens is 2. The van der Waals surface area contributed by atoms with Crippen LogP contribution in [0.15, 0.2) is 69.9 Å². The molecule has 2 unspecified atom stereocenters. The van der Waals surface area contributed by atoms with Crippen LogP contribution >= 0.6 is 0 Å². The molecule has 1 aliphatic rings. The smallest absolute Gasteiger partial charge is 0.388 e. The van der Waals surface area contributed by atoms with Crippen LogP contribution in [-0.4, -0.2) is 39.8 Å². The Hall–Kier alpha value is -3.19. The monoisotopic (exact) mass is 379 g/mol. The predicted octanol–water partition coefficient (Wildman–Crippen LogP) is 2.49. The molecule has 1 fully saturated rings. The zero-order valence-electron chi connectivity index (χ0n) is 15.5. The molecule has 2 heterocycles. The number of benzene rings is 2. The number of rotatable bonds is 4. The fraction of sp³-hybridized carbons (Fsp3) is 0.286. The normalized spacial score (nSPS) is 19.5. The standard InChI is InChI=1S/C21H21N3O4/c1-15-12-23(13-18(27-15)16-8-4-2-5-9-16)19(25)14-24-21(26)28-20(22-24)17-10-6-3-7-11-17/h2-11,15,18H,12-14H2,1H3. The fourth-order valence-corrected chi connectivity index (χ4v) is 3.34. The van der Waals surface area contributed by atoms with Gasteiger partial charge in [-0.2, -0.15) is 4.68 Å². The molecule has 7 heteroatoms. The SMILES string of the molecule is CC1CN(C(=O)Cn2nc(-c3ccccc3)oc2=O)CC(c2ccccc2)O1. The Morgan fingerprint density at radius 2 is 1.75 bits per heavy atom. The van der Waals surface area contributed by atoms with E-state index in [9.17, 15) is 9.59 Å². The van der Waals surface area contributed by atoms with Crippen LogP contribution in [0.2, 0.25) is 0 Å². The summed E-state index contributed by atoms with van der Waals surface area (Å²) in [5.74, 6) is -0.630. The molecule has 28 heavy (non-hydrogen) atoms. The Bertz CT molecular complexity index is 997. The van der Waals surface area contributed by atoms with Crippen molar-refractivity contribution in [2.75, 3.05) is 13.1 Å². The molecule has 4 rings (SSSR count). The fourth-order valence-electron chi connectivity index (χ4n) is 3.34. The molecule has 0 spiro atoms. The molecule has 0 N–H and O–H groups in total. The molecule has 0 saturated carbocycles. The van der Waals surface area contributed by atoms with E-state index in [1.807, 2.05) is 55.5 Å². The minimum Gasteiger partial charge on any atom is -0.388 e. The summed E-state index contributed by atoms with van der Waals surface area (Å²) >= 11 is 0. The molecule has 1 amide bonds. The van der Waals surface area contributed by atoms with E-state index in [0.29, 0.717) is 18.7 Å². The molecule has 3 aromatic rings.